The third-order valence-electron chi connectivity index (χ3n) is 2.25. The van der Waals surface area contributed by atoms with E-state index in [1.165, 1.54) is 14.2 Å². The minimum Gasteiger partial charge on any atom is -0.497 e. The topological polar surface area (TPSA) is 84.9 Å². The Morgan fingerprint density at radius 2 is 1.94 bits per heavy atom. The van der Waals surface area contributed by atoms with Gasteiger partial charge in [-0.25, -0.2) is 0 Å². The van der Waals surface area contributed by atoms with Gasteiger partial charge in [0, 0.05) is 12.5 Å². The number of hydrogen-bond acceptors (Lipinski definition) is 4. The molecule has 0 heterocycles. The second kappa shape index (κ2) is 6.48. The highest BCUT2D eigenvalue weighted by Gasteiger charge is 2.10. The third-order valence-corrected chi connectivity index (χ3v) is 2.25. The van der Waals surface area contributed by atoms with Crippen LogP contribution in [0.15, 0.2) is 18.2 Å². The Bertz CT molecular complexity index is 444. The van der Waals surface area contributed by atoms with Crippen LogP contribution in [0.4, 0.5) is 5.69 Å². The smallest absolute Gasteiger partial charge is 0.303 e. The highest BCUT2D eigenvalue weighted by Crippen LogP contribution is 2.28. The number of amides is 1. The largest absolute Gasteiger partial charge is 0.497 e. The highest BCUT2D eigenvalue weighted by molar-refractivity contribution is 5.94. The quantitative estimate of drug-likeness (QED) is 0.802. The van der Waals surface area contributed by atoms with Crippen LogP contribution in [0, 0.1) is 0 Å². The van der Waals surface area contributed by atoms with Gasteiger partial charge in [0.25, 0.3) is 0 Å². The highest BCUT2D eigenvalue weighted by atomic mass is 16.5. The number of anilines is 1. The molecule has 6 nitrogen and oxygen atoms in total. The number of hydrogen-bond donors (Lipinski definition) is 2. The minimum atomic E-state index is -1.01. The first kappa shape index (κ1) is 13.8. The average molecular weight is 253 g/mol. The van der Waals surface area contributed by atoms with Crippen molar-refractivity contribution in [3.05, 3.63) is 18.2 Å². The number of carbonyl (C=O) groups is 2. The molecule has 0 aromatic heterocycles. The van der Waals surface area contributed by atoms with Crippen molar-refractivity contribution in [1.29, 1.82) is 0 Å². The Balaban J connectivity index is 2.75. The van der Waals surface area contributed by atoms with E-state index in [9.17, 15) is 9.59 Å². The van der Waals surface area contributed by atoms with Gasteiger partial charge in [0.15, 0.2) is 0 Å². The van der Waals surface area contributed by atoms with E-state index in [0.717, 1.165) is 0 Å². The van der Waals surface area contributed by atoms with E-state index in [-0.39, 0.29) is 18.7 Å². The van der Waals surface area contributed by atoms with Crippen molar-refractivity contribution < 1.29 is 24.2 Å². The summed E-state index contributed by atoms with van der Waals surface area (Å²) in [4.78, 5) is 21.9. The molecular formula is C12H15NO5. The molecule has 98 valence electrons. The van der Waals surface area contributed by atoms with E-state index >= 15 is 0 Å². The normalized spacial score (nSPS) is 9.67. The number of aliphatic carboxylic acids is 1. The maximum Gasteiger partial charge on any atom is 0.303 e. The first-order valence-corrected chi connectivity index (χ1v) is 5.30. The molecule has 2 N–H and O–H groups in total. The molecule has 0 aliphatic heterocycles. The van der Waals surface area contributed by atoms with Crippen LogP contribution < -0.4 is 14.8 Å². The molecular weight excluding hydrogens is 238 g/mol. The lowest BCUT2D eigenvalue weighted by Gasteiger charge is -2.11. The Morgan fingerprint density at radius 3 is 2.50 bits per heavy atom. The molecule has 0 spiro atoms. The molecule has 0 unspecified atom stereocenters. The van der Waals surface area contributed by atoms with Gasteiger partial charge in [-0.2, -0.15) is 0 Å². The number of methoxy groups -OCH3 is 2. The SMILES string of the molecule is COc1ccc(OC)c(NC(=O)CCC(=O)O)c1. The van der Waals surface area contributed by atoms with Gasteiger partial charge in [0.1, 0.15) is 11.5 Å². The summed E-state index contributed by atoms with van der Waals surface area (Å²) in [6.45, 7) is 0. The molecule has 0 saturated carbocycles. The number of carbonyl (C=O) groups excluding carboxylic acids is 1. The van der Waals surface area contributed by atoms with E-state index in [1.54, 1.807) is 18.2 Å². The van der Waals surface area contributed by atoms with E-state index < -0.39 is 5.97 Å². The molecule has 1 amide bonds. The summed E-state index contributed by atoms with van der Waals surface area (Å²) in [5.41, 5.74) is 0.451. The second-order valence-electron chi connectivity index (χ2n) is 3.51. The van der Waals surface area contributed by atoms with Crippen LogP contribution in [0.5, 0.6) is 11.5 Å². The molecule has 0 atom stereocenters. The third kappa shape index (κ3) is 3.97. The van der Waals surface area contributed by atoms with Crippen LogP contribution in [0.3, 0.4) is 0 Å². The van der Waals surface area contributed by atoms with Crippen LogP contribution in [0.25, 0.3) is 0 Å². The Hall–Kier alpha value is -2.24. The van der Waals surface area contributed by atoms with Crippen molar-refractivity contribution >= 4 is 17.6 Å². The van der Waals surface area contributed by atoms with E-state index in [2.05, 4.69) is 5.32 Å². The average Bonchev–Trinajstić information content (AvgIpc) is 2.36. The fraction of sp³-hybridized carbons (Fsp3) is 0.333. The molecule has 18 heavy (non-hydrogen) atoms. The number of rotatable bonds is 6. The van der Waals surface area contributed by atoms with Crippen molar-refractivity contribution in [2.45, 2.75) is 12.8 Å². The van der Waals surface area contributed by atoms with E-state index in [4.69, 9.17) is 14.6 Å². The van der Waals surface area contributed by atoms with Crippen molar-refractivity contribution in [3.63, 3.8) is 0 Å². The van der Waals surface area contributed by atoms with Crippen LogP contribution in [0.1, 0.15) is 12.8 Å². The van der Waals surface area contributed by atoms with Crippen LogP contribution in [-0.4, -0.2) is 31.2 Å². The molecule has 0 saturated heterocycles. The standard InChI is InChI=1S/C12H15NO5/c1-17-8-3-4-10(18-2)9(7-8)13-11(14)5-6-12(15)16/h3-4,7H,5-6H2,1-2H3,(H,13,14)(H,15,16). The first-order valence-electron chi connectivity index (χ1n) is 5.30. The molecule has 1 aromatic rings. The predicted molar refractivity (Wildman–Crippen MR) is 65.0 cm³/mol. The van der Waals surface area contributed by atoms with Crippen LogP contribution in [-0.2, 0) is 9.59 Å². The van der Waals surface area contributed by atoms with Gasteiger partial charge in [0.05, 0.1) is 26.3 Å². The van der Waals surface area contributed by atoms with Crippen molar-refractivity contribution in [2.75, 3.05) is 19.5 Å². The zero-order valence-corrected chi connectivity index (χ0v) is 10.2. The van der Waals surface area contributed by atoms with Gasteiger partial charge < -0.3 is 19.9 Å². The number of ether oxygens (including phenoxy) is 2. The van der Waals surface area contributed by atoms with E-state index in [1.807, 2.05) is 0 Å². The lowest BCUT2D eigenvalue weighted by atomic mass is 10.2. The summed E-state index contributed by atoms with van der Waals surface area (Å²) < 4.78 is 10.1. The lowest BCUT2D eigenvalue weighted by Crippen LogP contribution is -2.13. The fourth-order valence-electron chi connectivity index (χ4n) is 1.34. The number of benzene rings is 1. The van der Waals surface area contributed by atoms with Crippen molar-refractivity contribution in [1.82, 2.24) is 0 Å². The van der Waals surface area contributed by atoms with Gasteiger partial charge in [-0.05, 0) is 12.1 Å². The second-order valence-corrected chi connectivity index (χ2v) is 3.51. The van der Waals surface area contributed by atoms with Crippen molar-refractivity contribution in [2.24, 2.45) is 0 Å². The minimum absolute atomic E-state index is 0.0876. The monoisotopic (exact) mass is 253 g/mol. The summed E-state index contributed by atoms with van der Waals surface area (Å²) in [6.07, 6.45) is -0.298. The Labute approximate surface area is 105 Å². The molecule has 0 aliphatic carbocycles. The number of carboxylic acid groups (broad SMARTS) is 1. The summed E-state index contributed by atoms with van der Waals surface area (Å²) in [7, 11) is 2.99. The zero-order valence-electron chi connectivity index (χ0n) is 10.2. The fourth-order valence-corrected chi connectivity index (χ4v) is 1.34. The summed E-state index contributed by atoms with van der Waals surface area (Å²) in [5, 5.41) is 11.1. The van der Waals surface area contributed by atoms with Gasteiger partial charge >= 0.3 is 5.97 Å². The molecule has 1 aromatic carbocycles. The zero-order chi connectivity index (χ0) is 13.5. The lowest BCUT2D eigenvalue weighted by molar-refractivity contribution is -0.138. The van der Waals surface area contributed by atoms with Gasteiger partial charge in [-0.1, -0.05) is 0 Å². The maximum absolute atomic E-state index is 11.5. The Morgan fingerprint density at radius 1 is 1.22 bits per heavy atom. The summed E-state index contributed by atoms with van der Waals surface area (Å²) >= 11 is 0. The molecule has 0 radical (unpaired) electrons. The van der Waals surface area contributed by atoms with Crippen molar-refractivity contribution in [3.8, 4) is 11.5 Å². The predicted octanol–water partition coefficient (Wildman–Crippen LogP) is 1.51. The van der Waals surface area contributed by atoms with E-state index in [0.29, 0.717) is 17.2 Å². The van der Waals surface area contributed by atoms with Gasteiger partial charge in [-0.15, -0.1) is 0 Å². The number of carboxylic acids is 1. The summed E-state index contributed by atoms with van der Waals surface area (Å²) in [5.74, 6) is -0.337. The molecule has 1 rings (SSSR count). The van der Waals surface area contributed by atoms with Crippen LogP contribution in [0.2, 0.25) is 0 Å². The summed E-state index contributed by atoms with van der Waals surface area (Å²) in [6, 6.07) is 4.97. The molecule has 6 heteroatoms. The first-order chi connectivity index (χ1) is 8.56. The van der Waals surface area contributed by atoms with Gasteiger partial charge in [0.2, 0.25) is 5.91 Å². The molecule has 0 aliphatic rings. The van der Waals surface area contributed by atoms with Gasteiger partial charge in [-0.3, -0.25) is 9.59 Å². The Kier molecular flexibility index (Phi) is 4.98. The molecule has 0 fully saturated rings. The van der Waals surface area contributed by atoms with Crippen LogP contribution >= 0.6 is 0 Å². The molecule has 0 bridgehead atoms. The number of nitrogens with one attached hydrogen (secondary N) is 1. The maximum atomic E-state index is 11.5.